The van der Waals surface area contributed by atoms with Crippen molar-refractivity contribution in [3.8, 4) is 0 Å². The van der Waals surface area contributed by atoms with Crippen LogP contribution >= 0.6 is 0 Å². The number of anilines is 2. The average Bonchev–Trinajstić information content (AvgIpc) is 3.28. The molecule has 1 saturated heterocycles. The Morgan fingerprint density at radius 1 is 1.09 bits per heavy atom. The van der Waals surface area contributed by atoms with Crippen molar-refractivity contribution in [1.29, 1.82) is 0 Å². The molecule has 0 bridgehead atoms. The van der Waals surface area contributed by atoms with Crippen LogP contribution in [0.2, 0.25) is 0 Å². The molecule has 3 atom stereocenters. The summed E-state index contributed by atoms with van der Waals surface area (Å²) in [5, 5.41) is 12.0. The van der Waals surface area contributed by atoms with E-state index in [2.05, 4.69) is 4.98 Å². The zero-order valence-corrected chi connectivity index (χ0v) is 19.6. The molecule has 3 unspecified atom stereocenters. The van der Waals surface area contributed by atoms with Crippen LogP contribution in [0.4, 0.5) is 11.5 Å². The van der Waals surface area contributed by atoms with Crippen molar-refractivity contribution < 1.29 is 19.5 Å². The summed E-state index contributed by atoms with van der Waals surface area (Å²) < 4.78 is 1.71. The van der Waals surface area contributed by atoms with Gasteiger partial charge in [0, 0.05) is 18.5 Å². The Hall–Kier alpha value is -3.72. The second kappa shape index (κ2) is 8.81. The number of piperidine rings is 1. The number of likely N-dealkylation sites (tertiary alicyclic amines) is 1. The third kappa shape index (κ3) is 3.67. The molecule has 1 aliphatic heterocycles. The number of amides is 2. The van der Waals surface area contributed by atoms with Crippen LogP contribution < -0.4 is 10.6 Å². The quantitative estimate of drug-likeness (QED) is 0.565. The van der Waals surface area contributed by atoms with Crippen LogP contribution in [0.3, 0.4) is 0 Å². The molecule has 2 heterocycles. The molecule has 1 aromatic heterocycles. The van der Waals surface area contributed by atoms with E-state index in [9.17, 15) is 19.5 Å². The summed E-state index contributed by atoms with van der Waals surface area (Å²) in [7, 11) is 0. The summed E-state index contributed by atoms with van der Waals surface area (Å²) in [6.45, 7) is 2.79. The molecular formula is C26H29N5O4. The van der Waals surface area contributed by atoms with E-state index in [1.807, 2.05) is 47.4 Å². The number of hydrogen-bond acceptors (Lipinski definition) is 5. The van der Waals surface area contributed by atoms with E-state index in [0.29, 0.717) is 31.0 Å². The second-order valence-electron chi connectivity index (χ2n) is 9.46. The zero-order valence-electron chi connectivity index (χ0n) is 19.6. The van der Waals surface area contributed by atoms with Gasteiger partial charge in [-0.1, -0.05) is 42.8 Å². The standard InChI is InChI=1S/C26H29N5O4/c1-17(32)31(20-11-7-9-18-8-3-4-10-19(18)20)22-15-29(16-28-22)21-14-26(25(27)35,23(21)24(33)34)30-12-5-2-6-13-30/h3-4,7-11,15-16,21,23H,2,5-6,12-14H2,1H3,(H2,27,35)(H,33,34). The minimum atomic E-state index is -1.21. The van der Waals surface area contributed by atoms with Crippen LogP contribution in [0.5, 0.6) is 0 Å². The van der Waals surface area contributed by atoms with Crippen molar-refractivity contribution in [1.82, 2.24) is 14.5 Å². The van der Waals surface area contributed by atoms with Gasteiger partial charge in [-0.05, 0) is 43.8 Å². The number of aliphatic carboxylic acids is 1. The summed E-state index contributed by atoms with van der Waals surface area (Å²) in [6, 6.07) is 13.0. The van der Waals surface area contributed by atoms with Crippen molar-refractivity contribution in [2.75, 3.05) is 18.0 Å². The first-order chi connectivity index (χ1) is 16.8. The predicted molar refractivity (Wildman–Crippen MR) is 131 cm³/mol. The van der Waals surface area contributed by atoms with Crippen LogP contribution in [-0.4, -0.2) is 56.0 Å². The Kier molecular flexibility index (Phi) is 5.80. The Bertz CT molecular complexity index is 1290. The first-order valence-corrected chi connectivity index (χ1v) is 11.9. The first kappa shape index (κ1) is 23.0. The molecule has 9 nitrogen and oxygen atoms in total. The summed E-state index contributed by atoms with van der Waals surface area (Å²) >= 11 is 0. The average molecular weight is 476 g/mol. The van der Waals surface area contributed by atoms with Crippen molar-refractivity contribution in [3.05, 3.63) is 55.0 Å². The fourth-order valence-electron chi connectivity index (χ4n) is 5.88. The Morgan fingerprint density at radius 2 is 1.80 bits per heavy atom. The molecular weight excluding hydrogens is 446 g/mol. The number of carbonyl (C=O) groups is 3. The lowest BCUT2D eigenvalue weighted by Gasteiger charge is -2.57. The molecule has 3 N–H and O–H groups in total. The fourth-order valence-corrected chi connectivity index (χ4v) is 5.88. The maximum absolute atomic E-state index is 12.7. The molecule has 2 aromatic carbocycles. The topological polar surface area (TPSA) is 122 Å². The van der Waals surface area contributed by atoms with Crippen molar-refractivity contribution in [2.24, 2.45) is 11.7 Å². The van der Waals surface area contributed by atoms with E-state index >= 15 is 0 Å². The van der Waals surface area contributed by atoms with Crippen LogP contribution in [-0.2, 0) is 14.4 Å². The van der Waals surface area contributed by atoms with E-state index in [0.717, 1.165) is 30.0 Å². The molecule has 2 amide bonds. The van der Waals surface area contributed by atoms with Crippen LogP contribution in [0.25, 0.3) is 10.8 Å². The summed E-state index contributed by atoms with van der Waals surface area (Å²) in [5.41, 5.74) is 5.32. The lowest BCUT2D eigenvalue weighted by molar-refractivity contribution is -0.175. The van der Waals surface area contributed by atoms with Crippen LogP contribution in [0, 0.1) is 5.92 Å². The van der Waals surface area contributed by atoms with Gasteiger partial charge >= 0.3 is 5.97 Å². The Balaban J connectivity index is 1.50. The number of carboxylic acids is 1. The van der Waals surface area contributed by atoms with E-state index in [-0.39, 0.29) is 5.91 Å². The lowest BCUT2D eigenvalue weighted by atomic mass is 9.60. The number of nitrogens with two attached hydrogens (primary N) is 1. The first-order valence-electron chi connectivity index (χ1n) is 11.9. The minimum Gasteiger partial charge on any atom is -0.481 e. The largest absolute Gasteiger partial charge is 0.481 e. The Morgan fingerprint density at radius 3 is 2.49 bits per heavy atom. The molecule has 3 aromatic rings. The normalized spacial score (nSPS) is 24.6. The van der Waals surface area contributed by atoms with Gasteiger partial charge in [-0.15, -0.1) is 0 Å². The highest BCUT2D eigenvalue weighted by Crippen LogP contribution is 2.52. The molecule has 9 heteroatoms. The van der Waals surface area contributed by atoms with E-state index in [4.69, 9.17) is 5.73 Å². The van der Waals surface area contributed by atoms with Crippen molar-refractivity contribution in [2.45, 2.75) is 44.2 Å². The van der Waals surface area contributed by atoms with Gasteiger partial charge in [-0.25, -0.2) is 4.98 Å². The van der Waals surface area contributed by atoms with Gasteiger partial charge in [0.2, 0.25) is 11.8 Å². The lowest BCUT2D eigenvalue weighted by Crippen LogP contribution is -2.73. The Labute approximate surface area is 203 Å². The molecule has 0 spiro atoms. The number of rotatable bonds is 6. The van der Waals surface area contributed by atoms with Crippen molar-refractivity contribution >= 4 is 40.1 Å². The molecule has 0 radical (unpaired) electrons. The predicted octanol–water partition coefficient (Wildman–Crippen LogP) is 3.08. The highest BCUT2D eigenvalue weighted by atomic mass is 16.4. The number of nitrogens with zero attached hydrogens (tertiary/aromatic N) is 4. The number of carboxylic acid groups (broad SMARTS) is 1. The van der Waals surface area contributed by atoms with Gasteiger partial charge in [0.05, 0.1) is 18.1 Å². The zero-order chi connectivity index (χ0) is 24.7. The number of benzene rings is 2. The van der Waals surface area contributed by atoms with E-state index in [1.54, 1.807) is 10.8 Å². The SMILES string of the molecule is CC(=O)N(c1cn(C2CC(C(N)=O)(N3CCCCC3)C2C(=O)O)cn1)c1cccc2ccccc12. The summed E-state index contributed by atoms with van der Waals surface area (Å²) in [4.78, 5) is 45.8. The van der Waals surface area contributed by atoms with E-state index < -0.39 is 29.4 Å². The van der Waals surface area contributed by atoms with Gasteiger partial charge in [-0.3, -0.25) is 24.2 Å². The third-order valence-corrected chi connectivity index (χ3v) is 7.56. The molecule has 1 saturated carbocycles. The maximum Gasteiger partial charge on any atom is 0.311 e. The van der Waals surface area contributed by atoms with Gasteiger partial charge in [0.1, 0.15) is 11.5 Å². The number of imidazole rings is 1. The molecule has 182 valence electrons. The van der Waals surface area contributed by atoms with Crippen LogP contribution in [0.1, 0.15) is 38.6 Å². The van der Waals surface area contributed by atoms with Gasteiger partial charge in [0.25, 0.3) is 0 Å². The highest BCUT2D eigenvalue weighted by molar-refractivity contribution is 6.07. The van der Waals surface area contributed by atoms with Gasteiger partial charge < -0.3 is 15.4 Å². The smallest absolute Gasteiger partial charge is 0.311 e. The fraction of sp³-hybridized carbons (Fsp3) is 0.385. The third-order valence-electron chi connectivity index (χ3n) is 7.56. The molecule has 35 heavy (non-hydrogen) atoms. The number of primary amides is 1. The minimum absolute atomic E-state index is 0.213. The van der Waals surface area contributed by atoms with Gasteiger partial charge in [0.15, 0.2) is 5.82 Å². The number of aromatic nitrogens is 2. The molecule has 1 aliphatic carbocycles. The summed E-state index contributed by atoms with van der Waals surface area (Å²) in [6.07, 6.45) is 6.42. The molecule has 2 aliphatic rings. The highest BCUT2D eigenvalue weighted by Gasteiger charge is 2.65. The van der Waals surface area contributed by atoms with Crippen molar-refractivity contribution in [3.63, 3.8) is 0 Å². The number of hydrogen-bond donors (Lipinski definition) is 2. The molecule has 2 fully saturated rings. The van der Waals surface area contributed by atoms with Crippen LogP contribution in [0.15, 0.2) is 55.0 Å². The van der Waals surface area contributed by atoms with E-state index in [1.165, 1.54) is 18.2 Å². The second-order valence-corrected chi connectivity index (χ2v) is 9.46. The molecule has 5 rings (SSSR count). The van der Waals surface area contributed by atoms with Gasteiger partial charge in [-0.2, -0.15) is 0 Å². The number of fused-ring (bicyclic) bond motifs is 1. The maximum atomic E-state index is 12.7. The monoisotopic (exact) mass is 475 g/mol. The number of carbonyl (C=O) groups excluding carboxylic acids is 2. The summed E-state index contributed by atoms with van der Waals surface area (Å²) in [5.74, 6) is -2.46.